The molecule has 1 heterocycles. The molecule has 5 heteroatoms. The highest BCUT2D eigenvalue weighted by molar-refractivity contribution is 5.69. The summed E-state index contributed by atoms with van der Waals surface area (Å²) < 4.78 is 16.3. The number of rotatable bonds is 3. The molecule has 1 aliphatic heterocycles. The number of nitrogens with zero attached hydrogens (tertiary/aromatic N) is 1. The zero-order valence-corrected chi connectivity index (χ0v) is 12.4. The molecule has 1 saturated heterocycles. The van der Waals surface area contributed by atoms with Crippen LogP contribution in [-0.4, -0.2) is 42.9 Å². The van der Waals surface area contributed by atoms with Crippen molar-refractivity contribution < 1.29 is 19.0 Å². The highest BCUT2D eigenvalue weighted by Gasteiger charge is 2.35. The zero-order valence-electron chi connectivity index (χ0n) is 12.4. The third-order valence-corrected chi connectivity index (χ3v) is 2.86. The summed E-state index contributed by atoms with van der Waals surface area (Å²) in [4.78, 5) is 13.4. The van der Waals surface area contributed by atoms with Crippen molar-refractivity contribution in [2.45, 2.75) is 32.5 Å². The Labute approximate surface area is 119 Å². The van der Waals surface area contributed by atoms with E-state index in [-0.39, 0.29) is 12.2 Å². The quantitative estimate of drug-likeness (QED) is 0.853. The van der Waals surface area contributed by atoms with Crippen molar-refractivity contribution in [1.29, 1.82) is 0 Å². The van der Waals surface area contributed by atoms with Gasteiger partial charge >= 0.3 is 6.09 Å². The smallest absolute Gasteiger partial charge is 0.410 e. The maximum Gasteiger partial charge on any atom is 0.410 e. The van der Waals surface area contributed by atoms with Gasteiger partial charge < -0.3 is 19.1 Å². The van der Waals surface area contributed by atoms with E-state index >= 15 is 0 Å². The number of carbonyl (C=O) groups is 1. The van der Waals surface area contributed by atoms with E-state index in [1.54, 1.807) is 12.0 Å². The molecule has 0 radical (unpaired) electrons. The molecule has 1 aliphatic rings. The fourth-order valence-corrected chi connectivity index (χ4v) is 1.88. The fourth-order valence-electron chi connectivity index (χ4n) is 1.88. The Morgan fingerprint density at radius 1 is 1.20 bits per heavy atom. The van der Waals surface area contributed by atoms with Crippen LogP contribution in [0, 0.1) is 0 Å². The van der Waals surface area contributed by atoms with E-state index in [2.05, 4.69) is 0 Å². The number of likely N-dealkylation sites (tertiary alicyclic amines) is 1. The normalized spacial score (nSPS) is 15.5. The third kappa shape index (κ3) is 3.56. The predicted octanol–water partition coefficient (Wildman–Crippen LogP) is 2.69. The zero-order chi connectivity index (χ0) is 14.8. The van der Waals surface area contributed by atoms with Gasteiger partial charge in [-0.15, -0.1) is 0 Å². The fraction of sp³-hybridized carbons (Fsp3) is 0.533. The SMILES string of the molecule is COc1ccccc1OC1CN(C(=O)OC(C)(C)C)C1. The molecule has 0 atom stereocenters. The molecular weight excluding hydrogens is 258 g/mol. The van der Waals surface area contributed by atoms with E-state index in [0.717, 1.165) is 0 Å². The molecule has 110 valence electrons. The van der Waals surface area contributed by atoms with Gasteiger partial charge in [-0.05, 0) is 32.9 Å². The van der Waals surface area contributed by atoms with E-state index < -0.39 is 5.60 Å². The van der Waals surface area contributed by atoms with Crippen LogP contribution in [0.2, 0.25) is 0 Å². The maximum atomic E-state index is 11.8. The van der Waals surface area contributed by atoms with Gasteiger partial charge in [-0.25, -0.2) is 4.79 Å². The molecule has 5 nitrogen and oxygen atoms in total. The number of methoxy groups -OCH3 is 1. The molecule has 0 aromatic heterocycles. The Morgan fingerprint density at radius 2 is 1.80 bits per heavy atom. The molecule has 0 spiro atoms. The summed E-state index contributed by atoms with van der Waals surface area (Å²) >= 11 is 0. The number of hydrogen-bond donors (Lipinski definition) is 0. The average Bonchev–Trinajstić information content (AvgIpc) is 2.31. The number of amides is 1. The second kappa shape index (κ2) is 5.61. The van der Waals surface area contributed by atoms with Crippen LogP contribution in [0.25, 0.3) is 0 Å². The highest BCUT2D eigenvalue weighted by Crippen LogP contribution is 2.29. The molecule has 2 rings (SSSR count). The first kappa shape index (κ1) is 14.5. The van der Waals surface area contributed by atoms with Crippen molar-refractivity contribution in [1.82, 2.24) is 4.90 Å². The van der Waals surface area contributed by atoms with Gasteiger partial charge in [0, 0.05) is 0 Å². The summed E-state index contributed by atoms with van der Waals surface area (Å²) in [5.74, 6) is 1.40. The second-order valence-corrected chi connectivity index (χ2v) is 5.78. The monoisotopic (exact) mass is 279 g/mol. The van der Waals surface area contributed by atoms with E-state index in [1.165, 1.54) is 0 Å². The minimum atomic E-state index is -0.467. The topological polar surface area (TPSA) is 48.0 Å². The van der Waals surface area contributed by atoms with E-state index in [4.69, 9.17) is 14.2 Å². The molecule has 1 aromatic rings. The number of carbonyl (C=O) groups excluding carboxylic acids is 1. The van der Waals surface area contributed by atoms with Gasteiger partial charge in [0.05, 0.1) is 20.2 Å². The molecule has 1 fully saturated rings. The van der Waals surface area contributed by atoms with Crippen LogP contribution in [0.4, 0.5) is 4.79 Å². The maximum absolute atomic E-state index is 11.8. The lowest BCUT2D eigenvalue weighted by Gasteiger charge is -2.39. The summed E-state index contributed by atoms with van der Waals surface area (Å²) in [6.07, 6.45) is -0.309. The number of hydrogen-bond acceptors (Lipinski definition) is 4. The molecule has 0 N–H and O–H groups in total. The minimum absolute atomic E-state index is 0.0150. The van der Waals surface area contributed by atoms with Gasteiger partial charge in [0.1, 0.15) is 11.7 Å². The number of ether oxygens (including phenoxy) is 3. The third-order valence-electron chi connectivity index (χ3n) is 2.86. The first-order valence-corrected chi connectivity index (χ1v) is 6.66. The van der Waals surface area contributed by atoms with Crippen LogP contribution in [0.15, 0.2) is 24.3 Å². The van der Waals surface area contributed by atoms with Gasteiger partial charge in [-0.2, -0.15) is 0 Å². The summed E-state index contributed by atoms with van der Waals surface area (Å²) in [7, 11) is 1.61. The molecule has 20 heavy (non-hydrogen) atoms. The van der Waals surface area contributed by atoms with E-state index in [9.17, 15) is 4.79 Å². The second-order valence-electron chi connectivity index (χ2n) is 5.78. The first-order valence-electron chi connectivity index (χ1n) is 6.66. The number of para-hydroxylation sites is 2. The van der Waals surface area contributed by atoms with Crippen molar-refractivity contribution in [3.8, 4) is 11.5 Å². The van der Waals surface area contributed by atoms with Crippen molar-refractivity contribution in [2.75, 3.05) is 20.2 Å². The lowest BCUT2D eigenvalue weighted by molar-refractivity contribution is -0.0226. The molecular formula is C15H21NO4. The van der Waals surface area contributed by atoms with E-state index in [1.807, 2.05) is 45.0 Å². The van der Waals surface area contributed by atoms with Crippen molar-refractivity contribution >= 4 is 6.09 Å². The Bertz CT molecular complexity index is 475. The van der Waals surface area contributed by atoms with Gasteiger partial charge in [0.15, 0.2) is 11.5 Å². The lowest BCUT2D eigenvalue weighted by Crippen LogP contribution is -2.57. The summed E-state index contributed by atoms with van der Waals surface area (Å²) in [6.45, 7) is 6.63. The Hall–Kier alpha value is -1.91. The predicted molar refractivity (Wildman–Crippen MR) is 75.2 cm³/mol. The highest BCUT2D eigenvalue weighted by atomic mass is 16.6. The van der Waals surface area contributed by atoms with Gasteiger partial charge in [-0.1, -0.05) is 12.1 Å². The Balaban J connectivity index is 1.84. The van der Waals surface area contributed by atoms with Crippen LogP contribution in [0.5, 0.6) is 11.5 Å². The molecule has 0 bridgehead atoms. The molecule has 1 aromatic carbocycles. The van der Waals surface area contributed by atoms with Crippen LogP contribution >= 0.6 is 0 Å². The van der Waals surface area contributed by atoms with Crippen LogP contribution in [-0.2, 0) is 4.74 Å². The van der Waals surface area contributed by atoms with Gasteiger partial charge in [0.2, 0.25) is 0 Å². The average molecular weight is 279 g/mol. The molecule has 1 amide bonds. The largest absolute Gasteiger partial charge is 0.493 e. The van der Waals surface area contributed by atoms with Crippen molar-refractivity contribution in [3.05, 3.63) is 24.3 Å². The minimum Gasteiger partial charge on any atom is -0.493 e. The van der Waals surface area contributed by atoms with Gasteiger partial charge in [0.25, 0.3) is 0 Å². The Kier molecular flexibility index (Phi) is 4.06. The summed E-state index contributed by atoms with van der Waals surface area (Å²) in [6, 6.07) is 7.48. The Morgan fingerprint density at radius 3 is 2.35 bits per heavy atom. The number of benzene rings is 1. The van der Waals surface area contributed by atoms with Crippen molar-refractivity contribution in [3.63, 3.8) is 0 Å². The van der Waals surface area contributed by atoms with Crippen LogP contribution in [0.3, 0.4) is 0 Å². The van der Waals surface area contributed by atoms with Crippen molar-refractivity contribution in [2.24, 2.45) is 0 Å². The van der Waals surface area contributed by atoms with E-state index in [0.29, 0.717) is 24.6 Å². The molecule has 0 unspecified atom stereocenters. The first-order chi connectivity index (χ1) is 9.39. The van der Waals surface area contributed by atoms with Crippen LogP contribution in [0.1, 0.15) is 20.8 Å². The molecule has 0 saturated carbocycles. The summed E-state index contributed by atoms with van der Waals surface area (Å²) in [5, 5.41) is 0. The summed E-state index contributed by atoms with van der Waals surface area (Å²) in [5.41, 5.74) is -0.467. The van der Waals surface area contributed by atoms with Gasteiger partial charge in [-0.3, -0.25) is 0 Å². The standard InChI is InChI=1S/C15H21NO4/c1-15(2,3)20-14(17)16-9-11(10-16)19-13-8-6-5-7-12(13)18-4/h5-8,11H,9-10H2,1-4H3. The lowest BCUT2D eigenvalue weighted by atomic mass is 10.1. The molecule has 0 aliphatic carbocycles. The van der Waals surface area contributed by atoms with Crippen LogP contribution < -0.4 is 9.47 Å².